The summed E-state index contributed by atoms with van der Waals surface area (Å²) in [6.07, 6.45) is 1.57. The number of hydrogen-bond acceptors (Lipinski definition) is 5. The van der Waals surface area contributed by atoms with Crippen LogP contribution in [0.25, 0.3) is 0 Å². The van der Waals surface area contributed by atoms with Crippen LogP contribution < -0.4 is 20.1 Å². The molecule has 0 bridgehead atoms. The molecule has 156 valence electrons. The topological polar surface area (TPSA) is 94.5 Å². The summed E-state index contributed by atoms with van der Waals surface area (Å²) >= 11 is 5.89. The molecular formula is C21H21ClN4O4. The maximum Gasteiger partial charge on any atom is 0.273 e. The number of aromatic nitrogens is 2. The number of hydrogen-bond donors (Lipinski definition) is 2. The van der Waals surface area contributed by atoms with Crippen molar-refractivity contribution in [1.82, 2.24) is 15.1 Å². The molecule has 0 saturated heterocycles. The highest BCUT2D eigenvalue weighted by molar-refractivity contribution is 6.30. The van der Waals surface area contributed by atoms with Gasteiger partial charge in [-0.15, -0.1) is 0 Å². The third-order valence-electron chi connectivity index (χ3n) is 4.27. The summed E-state index contributed by atoms with van der Waals surface area (Å²) in [5, 5.41) is 9.93. The summed E-state index contributed by atoms with van der Waals surface area (Å²) < 4.78 is 12.6. The van der Waals surface area contributed by atoms with E-state index in [1.54, 1.807) is 62.8 Å². The van der Waals surface area contributed by atoms with Crippen molar-refractivity contribution in [2.75, 3.05) is 19.5 Å². The van der Waals surface area contributed by atoms with Crippen LogP contribution in [-0.2, 0) is 13.7 Å². The minimum absolute atomic E-state index is 0.133. The molecule has 0 fully saturated rings. The number of carbonyl (C=O) groups is 2. The number of anilines is 1. The number of benzene rings is 2. The Morgan fingerprint density at radius 3 is 2.53 bits per heavy atom. The first kappa shape index (κ1) is 21.2. The standard InChI is InChI=1S/C21H21ClN4O4/c1-23-21(28)19-17(11-26(2)25-19)24-20(27)13-4-9-18(29-3)14(10-13)12-30-16-7-5-15(22)6-8-16/h4-11H,12H2,1-3H3,(H,23,28)(H,24,27). The number of amides is 2. The fourth-order valence-corrected chi connectivity index (χ4v) is 2.91. The molecule has 0 aliphatic rings. The summed E-state index contributed by atoms with van der Waals surface area (Å²) in [4.78, 5) is 24.7. The van der Waals surface area contributed by atoms with Crippen molar-refractivity contribution in [3.8, 4) is 11.5 Å². The van der Waals surface area contributed by atoms with Gasteiger partial charge in [0.25, 0.3) is 11.8 Å². The highest BCUT2D eigenvalue weighted by Gasteiger charge is 2.18. The summed E-state index contributed by atoms with van der Waals surface area (Å²) in [6, 6.07) is 12.0. The van der Waals surface area contributed by atoms with Crippen molar-refractivity contribution < 1.29 is 19.1 Å². The van der Waals surface area contributed by atoms with E-state index in [0.29, 0.717) is 33.3 Å². The van der Waals surface area contributed by atoms with E-state index in [9.17, 15) is 9.59 Å². The third kappa shape index (κ3) is 4.90. The molecular weight excluding hydrogens is 408 g/mol. The Morgan fingerprint density at radius 2 is 1.87 bits per heavy atom. The van der Waals surface area contributed by atoms with Crippen molar-refractivity contribution in [3.05, 3.63) is 70.5 Å². The van der Waals surface area contributed by atoms with Crippen molar-refractivity contribution in [1.29, 1.82) is 0 Å². The quantitative estimate of drug-likeness (QED) is 0.602. The average Bonchev–Trinajstić information content (AvgIpc) is 3.12. The minimum Gasteiger partial charge on any atom is -0.496 e. The molecule has 1 aromatic heterocycles. The van der Waals surface area contributed by atoms with Gasteiger partial charge in [0.05, 0.1) is 12.8 Å². The zero-order chi connectivity index (χ0) is 21.7. The number of methoxy groups -OCH3 is 1. The lowest BCUT2D eigenvalue weighted by molar-refractivity contribution is 0.0958. The number of ether oxygens (including phenoxy) is 2. The van der Waals surface area contributed by atoms with Gasteiger partial charge in [0.1, 0.15) is 18.1 Å². The first-order chi connectivity index (χ1) is 14.4. The van der Waals surface area contributed by atoms with Crippen LogP contribution in [0, 0.1) is 0 Å². The average molecular weight is 429 g/mol. The maximum atomic E-state index is 12.8. The Hall–Kier alpha value is -3.52. The molecule has 30 heavy (non-hydrogen) atoms. The summed E-state index contributed by atoms with van der Waals surface area (Å²) in [6.45, 7) is 0.197. The Kier molecular flexibility index (Phi) is 6.58. The van der Waals surface area contributed by atoms with Gasteiger partial charge in [0.2, 0.25) is 0 Å². The molecule has 2 amide bonds. The van der Waals surface area contributed by atoms with Gasteiger partial charge in [0, 0.05) is 36.4 Å². The van der Waals surface area contributed by atoms with E-state index in [1.807, 2.05) is 0 Å². The summed E-state index contributed by atoms with van der Waals surface area (Å²) in [5.41, 5.74) is 1.53. The van der Waals surface area contributed by atoms with Crippen LogP contribution >= 0.6 is 11.6 Å². The van der Waals surface area contributed by atoms with Crippen molar-refractivity contribution in [3.63, 3.8) is 0 Å². The number of carbonyl (C=O) groups excluding carboxylic acids is 2. The Labute approximate surface area is 178 Å². The Morgan fingerprint density at radius 1 is 1.13 bits per heavy atom. The molecule has 8 nitrogen and oxygen atoms in total. The van der Waals surface area contributed by atoms with Gasteiger partial charge >= 0.3 is 0 Å². The molecule has 0 radical (unpaired) electrons. The zero-order valence-corrected chi connectivity index (χ0v) is 17.5. The van der Waals surface area contributed by atoms with Crippen molar-refractivity contribution >= 4 is 29.1 Å². The molecule has 1 heterocycles. The van der Waals surface area contributed by atoms with Gasteiger partial charge in [-0.25, -0.2) is 0 Å². The van der Waals surface area contributed by atoms with E-state index in [4.69, 9.17) is 21.1 Å². The van der Waals surface area contributed by atoms with Gasteiger partial charge in [-0.05, 0) is 42.5 Å². The van der Waals surface area contributed by atoms with Gasteiger partial charge in [-0.2, -0.15) is 5.10 Å². The van der Waals surface area contributed by atoms with Crippen LogP contribution in [0.15, 0.2) is 48.7 Å². The Bertz CT molecular complexity index is 1060. The van der Waals surface area contributed by atoms with E-state index in [-0.39, 0.29) is 18.2 Å². The molecule has 2 aromatic carbocycles. The molecule has 0 saturated carbocycles. The number of rotatable bonds is 7. The van der Waals surface area contributed by atoms with E-state index < -0.39 is 5.91 Å². The monoisotopic (exact) mass is 428 g/mol. The fourth-order valence-electron chi connectivity index (χ4n) is 2.79. The molecule has 0 aliphatic carbocycles. The van der Waals surface area contributed by atoms with Crippen LogP contribution in [0.2, 0.25) is 5.02 Å². The second kappa shape index (κ2) is 9.32. The van der Waals surface area contributed by atoms with E-state index in [0.717, 1.165) is 0 Å². The SMILES string of the molecule is CNC(=O)c1nn(C)cc1NC(=O)c1ccc(OC)c(COc2ccc(Cl)cc2)c1. The first-order valence-corrected chi connectivity index (χ1v) is 9.41. The lowest BCUT2D eigenvalue weighted by atomic mass is 10.1. The summed E-state index contributed by atoms with van der Waals surface area (Å²) in [5.74, 6) is 0.455. The zero-order valence-electron chi connectivity index (χ0n) is 16.7. The van der Waals surface area contributed by atoms with Gasteiger partial charge in [-0.1, -0.05) is 11.6 Å². The molecule has 0 atom stereocenters. The van der Waals surface area contributed by atoms with Crippen LogP contribution in [0.5, 0.6) is 11.5 Å². The lowest BCUT2D eigenvalue weighted by Gasteiger charge is -2.12. The van der Waals surface area contributed by atoms with E-state index in [1.165, 1.54) is 11.7 Å². The second-order valence-electron chi connectivity index (χ2n) is 6.37. The number of aryl methyl sites for hydroxylation is 1. The molecule has 2 N–H and O–H groups in total. The van der Waals surface area contributed by atoms with Crippen molar-refractivity contribution in [2.24, 2.45) is 7.05 Å². The minimum atomic E-state index is -0.391. The third-order valence-corrected chi connectivity index (χ3v) is 4.52. The molecule has 0 spiro atoms. The number of halogens is 1. The van der Waals surface area contributed by atoms with Crippen LogP contribution in [0.4, 0.5) is 5.69 Å². The number of nitrogens with one attached hydrogen (secondary N) is 2. The van der Waals surface area contributed by atoms with E-state index >= 15 is 0 Å². The largest absolute Gasteiger partial charge is 0.496 e. The second-order valence-corrected chi connectivity index (χ2v) is 6.80. The maximum absolute atomic E-state index is 12.8. The Balaban J connectivity index is 1.79. The smallest absolute Gasteiger partial charge is 0.273 e. The predicted octanol–water partition coefficient (Wildman–Crippen LogP) is 3.27. The van der Waals surface area contributed by atoms with Gasteiger partial charge in [-0.3, -0.25) is 14.3 Å². The van der Waals surface area contributed by atoms with E-state index in [2.05, 4.69) is 15.7 Å². The predicted molar refractivity (Wildman–Crippen MR) is 113 cm³/mol. The van der Waals surface area contributed by atoms with Crippen LogP contribution in [0.3, 0.4) is 0 Å². The molecule has 3 rings (SSSR count). The van der Waals surface area contributed by atoms with Gasteiger partial charge < -0.3 is 20.1 Å². The van der Waals surface area contributed by atoms with Crippen LogP contribution in [-0.4, -0.2) is 35.8 Å². The van der Waals surface area contributed by atoms with Crippen molar-refractivity contribution in [2.45, 2.75) is 6.61 Å². The molecule has 9 heteroatoms. The lowest BCUT2D eigenvalue weighted by Crippen LogP contribution is -2.21. The van der Waals surface area contributed by atoms with Crippen LogP contribution in [0.1, 0.15) is 26.4 Å². The molecule has 3 aromatic rings. The first-order valence-electron chi connectivity index (χ1n) is 9.03. The molecule has 0 aliphatic heterocycles. The molecule has 0 unspecified atom stereocenters. The summed E-state index contributed by atoms with van der Waals surface area (Å²) in [7, 11) is 4.72. The highest BCUT2D eigenvalue weighted by Crippen LogP contribution is 2.24. The normalized spacial score (nSPS) is 10.4. The fraction of sp³-hybridized carbons (Fsp3) is 0.190. The highest BCUT2D eigenvalue weighted by atomic mass is 35.5. The van der Waals surface area contributed by atoms with Gasteiger partial charge in [0.15, 0.2) is 5.69 Å². The number of nitrogens with zero attached hydrogens (tertiary/aromatic N) is 2.